The van der Waals surface area contributed by atoms with Crippen LogP contribution >= 0.6 is 11.3 Å². The molecule has 0 spiro atoms. The summed E-state index contributed by atoms with van der Waals surface area (Å²) in [4.78, 5) is 48.0. The lowest BCUT2D eigenvalue weighted by Crippen LogP contribution is -2.29. The molecule has 11 heteroatoms. The molecular weight excluding hydrogens is 498 g/mol. The molecule has 2 aromatic carbocycles. The standard InChI is InChI=1S/C26H19N3O7S/c1-35-15-6-8-18(36-2)16(11-15)22(30)20-21(14-4-3-9-27-12-14)29(24(32)23(20)31)26-28-17-7-5-13(25(33)34)10-19(17)37-26/h3-12,21,30H,1-2H3,(H,33,34)/b22-20+. The summed E-state index contributed by atoms with van der Waals surface area (Å²) in [6.45, 7) is 0. The van der Waals surface area contributed by atoms with Crippen molar-refractivity contribution in [3.63, 3.8) is 0 Å². The zero-order valence-electron chi connectivity index (χ0n) is 19.5. The number of carbonyl (C=O) groups is 3. The number of ketones is 1. The topological polar surface area (TPSA) is 139 Å². The number of aliphatic hydroxyl groups is 1. The number of methoxy groups -OCH3 is 2. The summed E-state index contributed by atoms with van der Waals surface area (Å²) in [6.07, 6.45) is 3.04. The van der Waals surface area contributed by atoms with Gasteiger partial charge < -0.3 is 19.7 Å². The van der Waals surface area contributed by atoms with Crippen LogP contribution in [0.15, 0.2) is 66.5 Å². The number of carboxylic acids is 1. The average Bonchev–Trinajstić information content (AvgIpc) is 3.45. The lowest BCUT2D eigenvalue weighted by Gasteiger charge is -2.22. The first-order valence-electron chi connectivity index (χ1n) is 10.9. The van der Waals surface area contributed by atoms with E-state index in [1.54, 1.807) is 30.5 Å². The molecule has 1 aliphatic heterocycles. The number of anilines is 1. The van der Waals surface area contributed by atoms with Crippen molar-refractivity contribution in [1.82, 2.24) is 9.97 Å². The predicted molar refractivity (Wildman–Crippen MR) is 135 cm³/mol. The highest BCUT2D eigenvalue weighted by molar-refractivity contribution is 7.22. The van der Waals surface area contributed by atoms with E-state index < -0.39 is 29.5 Å². The zero-order valence-corrected chi connectivity index (χ0v) is 20.4. The maximum absolute atomic E-state index is 13.4. The molecule has 4 aromatic rings. The number of hydrogen-bond acceptors (Lipinski definition) is 9. The molecule has 1 unspecified atom stereocenters. The molecular formula is C26H19N3O7S. The van der Waals surface area contributed by atoms with Gasteiger partial charge in [-0.25, -0.2) is 9.78 Å². The zero-order chi connectivity index (χ0) is 26.3. The molecule has 0 saturated carbocycles. The smallest absolute Gasteiger partial charge is 0.335 e. The minimum Gasteiger partial charge on any atom is -0.507 e. The first-order valence-corrected chi connectivity index (χ1v) is 11.7. The van der Waals surface area contributed by atoms with Gasteiger partial charge in [-0.05, 0) is 48.0 Å². The molecule has 0 aliphatic carbocycles. The van der Waals surface area contributed by atoms with Gasteiger partial charge in [-0.3, -0.25) is 19.5 Å². The van der Waals surface area contributed by atoms with Crippen LogP contribution in [-0.4, -0.2) is 52.1 Å². The quantitative estimate of drug-likeness (QED) is 0.220. The highest BCUT2D eigenvalue weighted by Crippen LogP contribution is 2.45. The maximum atomic E-state index is 13.4. The van der Waals surface area contributed by atoms with Crippen LogP contribution in [0.2, 0.25) is 0 Å². The highest BCUT2D eigenvalue weighted by atomic mass is 32.1. The third-order valence-corrected chi connectivity index (χ3v) is 6.95. The monoisotopic (exact) mass is 517 g/mol. The molecule has 3 heterocycles. The number of carboxylic acid groups (broad SMARTS) is 1. The molecule has 186 valence electrons. The van der Waals surface area contributed by atoms with Gasteiger partial charge in [0.05, 0.1) is 47.2 Å². The summed E-state index contributed by atoms with van der Waals surface area (Å²) in [5, 5.41) is 20.9. The summed E-state index contributed by atoms with van der Waals surface area (Å²) in [7, 11) is 2.88. The number of Topliss-reactive ketones (excluding diaryl/α,β-unsaturated/α-hetero) is 1. The van der Waals surface area contributed by atoms with E-state index in [0.717, 1.165) is 11.3 Å². The Balaban J connectivity index is 1.73. The van der Waals surface area contributed by atoms with Crippen LogP contribution in [0, 0.1) is 0 Å². The van der Waals surface area contributed by atoms with Crippen LogP contribution in [-0.2, 0) is 9.59 Å². The van der Waals surface area contributed by atoms with Crippen molar-refractivity contribution in [2.24, 2.45) is 0 Å². The number of rotatable bonds is 6. The Morgan fingerprint density at radius 3 is 2.54 bits per heavy atom. The molecule has 0 bridgehead atoms. The molecule has 1 amide bonds. The summed E-state index contributed by atoms with van der Waals surface area (Å²) >= 11 is 1.06. The van der Waals surface area contributed by atoms with Crippen molar-refractivity contribution >= 4 is 50.1 Å². The first-order chi connectivity index (χ1) is 17.8. The Morgan fingerprint density at radius 1 is 1.05 bits per heavy atom. The van der Waals surface area contributed by atoms with E-state index >= 15 is 0 Å². The van der Waals surface area contributed by atoms with Crippen molar-refractivity contribution < 1.29 is 34.1 Å². The van der Waals surface area contributed by atoms with Gasteiger partial charge >= 0.3 is 11.9 Å². The van der Waals surface area contributed by atoms with Crippen LogP contribution < -0.4 is 14.4 Å². The fourth-order valence-corrected chi connectivity index (χ4v) is 5.21. The number of aliphatic hydroxyl groups excluding tert-OH is 1. The number of aromatic nitrogens is 2. The van der Waals surface area contributed by atoms with Gasteiger partial charge in [0.15, 0.2) is 5.13 Å². The van der Waals surface area contributed by atoms with Crippen molar-refractivity contribution in [2.75, 3.05) is 19.1 Å². The number of hydrogen-bond donors (Lipinski definition) is 2. The van der Waals surface area contributed by atoms with Gasteiger partial charge in [0.25, 0.3) is 5.78 Å². The van der Waals surface area contributed by atoms with Crippen molar-refractivity contribution in [1.29, 1.82) is 0 Å². The summed E-state index contributed by atoms with van der Waals surface area (Å²) in [5.41, 5.74) is 1.000. The molecule has 37 heavy (non-hydrogen) atoms. The number of pyridine rings is 1. The van der Waals surface area contributed by atoms with E-state index in [1.807, 2.05) is 0 Å². The lowest BCUT2D eigenvalue weighted by molar-refractivity contribution is -0.132. The Morgan fingerprint density at radius 2 is 1.86 bits per heavy atom. The minimum atomic E-state index is -1.10. The third kappa shape index (κ3) is 4.04. The molecule has 2 aromatic heterocycles. The molecule has 2 N–H and O–H groups in total. The van der Waals surface area contributed by atoms with E-state index in [4.69, 9.17) is 9.47 Å². The SMILES string of the molecule is COc1ccc(OC)c(/C(O)=C2\C(=O)C(=O)N(c3nc4ccc(C(=O)O)cc4s3)C2c2cccnc2)c1. The van der Waals surface area contributed by atoms with E-state index in [2.05, 4.69) is 9.97 Å². The van der Waals surface area contributed by atoms with Crippen LogP contribution in [0.1, 0.15) is 27.5 Å². The first kappa shape index (κ1) is 23.9. The Kier molecular flexibility index (Phi) is 6.06. The molecule has 5 rings (SSSR count). The van der Waals surface area contributed by atoms with Gasteiger partial charge in [-0.2, -0.15) is 0 Å². The molecule has 1 saturated heterocycles. The van der Waals surface area contributed by atoms with E-state index in [0.29, 0.717) is 21.5 Å². The number of benzene rings is 2. The summed E-state index contributed by atoms with van der Waals surface area (Å²) in [5.74, 6) is -2.67. The van der Waals surface area contributed by atoms with Crippen LogP contribution in [0.25, 0.3) is 16.0 Å². The van der Waals surface area contributed by atoms with Crippen molar-refractivity contribution in [2.45, 2.75) is 6.04 Å². The minimum absolute atomic E-state index is 0.0682. The highest BCUT2D eigenvalue weighted by Gasteiger charge is 2.48. The van der Waals surface area contributed by atoms with E-state index in [-0.39, 0.29) is 27.6 Å². The Bertz CT molecular complexity index is 1600. The fourth-order valence-electron chi connectivity index (χ4n) is 4.18. The van der Waals surface area contributed by atoms with Gasteiger partial charge in [-0.1, -0.05) is 17.4 Å². The molecule has 1 atom stereocenters. The maximum Gasteiger partial charge on any atom is 0.335 e. The van der Waals surface area contributed by atoms with Crippen molar-refractivity contribution in [3.8, 4) is 11.5 Å². The number of carbonyl (C=O) groups excluding carboxylic acids is 2. The Labute approximate surface area is 214 Å². The number of fused-ring (bicyclic) bond motifs is 1. The van der Waals surface area contributed by atoms with Crippen LogP contribution in [0.4, 0.5) is 5.13 Å². The lowest BCUT2D eigenvalue weighted by atomic mass is 9.96. The Hall–Kier alpha value is -4.77. The third-order valence-electron chi connectivity index (χ3n) is 5.94. The molecule has 1 aliphatic rings. The number of aromatic carboxylic acids is 1. The van der Waals surface area contributed by atoms with E-state index in [1.165, 1.54) is 49.6 Å². The van der Waals surface area contributed by atoms with Crippen molar-refractivity contribution in [3.05, 3.63) is 83.2 Å². The largest absolute Gasteiger partial charge is 0.507 e. The second kappa shape index (κ2) is 9.36. The van der Waals surface area contributed by atoms with Crippen LogP contribution in [0.5, 0.6) is 11.5 Å². The normalized spacial score (nSPS) is 16.8. The van der Waals surface area contributed by atoms with E-state index in [9.17, 15) is 24.6 Å². The van der Waals surface area contributed by atoms with Crippen LogP contribution in [0.3, 0.4) is 0 Å². The number of nitrogens with zero attached hydrogens (tertiary/aromatic N) is 3. The molecule has 0 radical (unpaired) electrons. The number of amides is 1. The second-order valence-electron chi connectivity index (χ2n) is 8.01. The average molecular weight is 518 g/mol. The number of ether oxygens (including phenoxy) is 2. The van der Waals surface area contributed by atoms with Gasteiger partial charge in [0.2, 0.25) is 0 Å². The fraction of sp³-hybridized carbons (Fsp3) is 0.115. The van der Waals surface area contributed by atoms with Gasteiger partial charge in [0.1, 0.15) is 17.3 Å². The molecule has 1 fully saturated rings. The van der Waals surface area contributed by atoms with Gasteiger partial charge in [-0.15, -0.1) is 0 Å². The summed E-state index contributed by atoms with van der Waals surface area (Å²) < 4.78 is 11.2. The summed E-state index contributed by atoms with van der Waals surface area (Å²) in [6, 6.07) is 11.4. The molecule has 10 nitrogen and oxygen atoms in total. The number of thiazole rings is 1. The second-order valence-corrected chi connectivity index (χ2v) is 9.01. The predicted octanol–water partition coefficient (Wildman–Crippen LogP) is 4.03. The van der Waals surface area contributed by atoms with Gasteiger partial charge in [0, 0.05) is 12.4 Å².